The number of carboxylic acid groups (broad SMARTS) is 1. The van der Waals surface area contributed by atoms with E-state index in [1.54, 1.807) is 0 Å². The highest BCUT2D eigenvalue weighted by Crippen LogP contribution is 2.44. The highest BCUT2D eigenvalue weighted by atomic mass is 127. The third kappa shape index (κ3) is 5.39. The maximum absolute atomic E-state index is 8.36. The summed E-state index contributed by atoms with van der Waals surface area (Å²) in [5.41, 5.74) is 9.75. The van der Waals surface area contributed by atoms with Gasteiger partial charge in [-0.25, -0.2) is 4.98 Å². The maximum Gasteiger partial charge on any atom is 0.290 e. The van der Waals surface area contributed by atoms with Gasteiger partial charge in [-0.05, 0) is 41.0 Å². The van der Waals surface area contributed by atoms with Gasteiger partial charge in [-0.1, -0.05) is 54.8 Å². The number of halogens is 2. The number of nitrogens with two attached hydrogens (primary N) is 1. The molecule has 0 unspecified atom stereocenters. The molecule has 1 saturated carbocycles. The molecule has 0 spiro atoms. The minimum atomic E-state index is -0.250. The molecule has 2 aromatic heterocycles. The van der Waals surface area contributed by atoms with E-state index in [-0.39, 0.29) is 12.5 Å². The Bertz CT molecular complexity index is 967. The van der Waals surface area contributed by atoms with Gasteiger partial charge in [0.15, 0.2) is 0 Å². The predicted molar refractivity (Wildman–Crippen MR) is 129 cm³/mol. The van der Waals surface area contributed by atoms with Crippen molar-refractivity contribution in [3.05, 3.63) is 55.6 Å². The number of thiophene rings is 1. The van der Waals surface area contributed by atoms with Gasteiger partial charge in [0.2, 0.25) is 0 Å². The van der Waals surface area contributed by atoms with Gasteiger partial charge in [0.05, 0.1) is 19.5 Å². The number of rotatable bonds is 4. The Balaban J connectivity index is 0.000000755. The zero-order valence-corrected chi connectivity index (χ0v) is 19.5. The molecule has 0 saturated heterocycles. The fourth-order valence-corrected chi connectivity index (χ4v) is 6.51. The van der Waals surface area contributed by atoms with Crippen molar-refractivity contribution < 1.29 is 9.90 Å². The number of benzene rings is 1. The molecule has 0 radical (unpaired) electrons. The molecule has 1 fully saturated rings. The number of hydrogen-bond acceptors (Lipinski definition) is 5. The average molecular weight is 544 g/mol. The number of pyridine rings is 1. The van der Waals surface area contributed by atoms with Gasteiger partial charge in [0, 0.05) is 29.4 Å². The Morgan fingerprint density at radius 2 is 2.00 bits per heavy atom. The number of anilines is 1. The summed E-state index contributed by atoms with van der Waals surface area (Å²) in [4.78, 5) is 14.4. The van der Waals surface area contributed by atoms with Crippen molar-refractivity contribution >= 4 is 67.9 Å². The molecule has 2 atom stereocenters. The van der Waals surface area contributed by atoms with Crippen LogP contribution in [0, 0.1) is 3.57 Å². The minimum Gasteiger partial charge on any atom is -0.483 e. The summed E-state index contributed by atoms with van der Waals surface area (Å²) in [5, 5.41) is 11.0. The van der Waals surface area contributed by atoms with Gasteiger partial charge in [-0.2, -0.15) is 0 Å². The van der Waals surface area contributed by atoms with Crippen LogP contribution in [0.1, 0.15) is 42.0 Å². The zero-order chi connectivity index (χ0) is 20.8. The van der Waals surface area contributed by atoms with Crippen molar-refractivity contribution in [1.29, 1.82) is 0 Å². The molecule has 4 rings (SSSR count). The Labute approximate surface area is 192 Å². The van der Waals surface area contributed by atoms with E-state index < -0.39 is 0 Å². The monoisotopic (exact) mass is 543 g/mol. The first kappa shape index (κ1) is 22.3. The molecule has 8 heteroatoms. The van der Waals surface area contributed by atoms with Gasteiger partial charge >= 0.3 is 0 Å². The maximum atomic E-state index is 8.36. The molecule has 1 aromatic carbocycles. The lowest BCUT2D eigenvalue weighted by molar-refractivity contribution is -0.122. The molecule has 1 aliphatic rings. The first-order chi connectivity index (χ1) is 14.0. The molecule has 154 valence electrons. The Hall–Kier alpha value is -1.42. The second kappa shape index (κ2) is 10.6. The molecule has 2 heterocycles. The summed E-state index contributed by atoms with van der Waals surface area (Å²) in [6.45, 7) is 0.517. The van der Waals surface area contributed by atoms with E-state index in [0.717, 1.165) is 24.2 Å². The average Bonchev–Trinajstić information content (AvgIpc) is 3.04. The van der Waals surface area contributed by atoms with Crippen LogP contribution in [0.25, 0.3) is 10.2 Å². The summed E-state index contributed by atoms with van der Waals surface area (Å²) in [6, 6.07) is 12.6. The van der Waals surface area contributed by atoms with Crippen LogP contribution >= 0.6 is 45.5 Å². The van der Waals surface area contributed by atoms with Crippen LogP contribution < -0.4 is 11.1 Å². The summed E-state index contributed by atoms with van der Waals surface area (Å²) < 4.78 is 2.40. The minimum absolute atomic E-state index is 0.250. The van der Waals surface area contributed by atoms with Gasteiger partial charge < -0.3 is 16.2 Å². The Morgan fingerprint density at radius 1 is 1.31 bits per heavy atom. The highest BCUT2D eigenvalue weighted by molar-refractivity contribution is 14.1. The molecule has 4 N–H and O–H groups in total. The molecular weight excluding hydrogens is 521 g/mol. The third-order valence-electron chi connectivity index (χ3n) is 5.06. The molecule has 0 bridgehead atoms. The van der Waals surface area contributed by atoms with Gasteiger partial charge in [0.25, 0.3) is 6.47 Å². The van der Waals surface area contributed by atoms with Crippen molar-refractivity contribution in [1.82, 2.24) is 4.98 Å². The third-order valence-corrected chi connectivity index (χ3v) is 8.06. The van der Waals surface area contributed by atoms with Crippen LogP contribution in [-0.4, -0.2) is 22.6 Å². The van der Waals surface area contributed by atoms with Crippen molar-refractivity contribution in [2.75, 3.05) is 5.32 Å². The van der Waals surface area contributed by atoms with E-state index in [0.29, 0.717) is 11.1 Å². The Morgan fingerprint density at radius 3 is 2.69 bits per heavy atom. The summed E-state index contributed by atoms with van der Waals surface area (Å²) in [7, 11) is 0. The number of carbonyl (C=O) groups is 1. The topological polar surface area (TPSA) is 88.2 Å². The van der Waals surface area contributed by atoms with E-state index >= 15 is 0 Å². The van der Waals surface area contributed by atoms with Crippen LogP contribution in [-0.2, 0) is 11.3 Å². The van der Waals surface area contributed by atoms with Crippen LogP contribution in [0.5, 0.6) is 0 Å². The molecule has 0 aliphatic heterocycles. The molecule has 0 amide bonds. The summed E-state index contributed by atoms with van der Waals surface area (Å²) in [5.74, 6) is 0.440. The first-order valence-electron chi connectivity index (χ1n) is 9.44. The number of nitrogens with zero attached hydrogens (tertiary/aromatic N) is 1. The van der Waals surface area contributed by atoms with Crippen LogP contribution in [0.3, 0.4) is 0 Å². The summed E-state index contributed by atoms with van der Waals surface area (Å²) in [6.07, 6.45) is 4.79. The fourth-order valence-electron chi connectivity index (χ4n) is 3.67. The van der Waals surface area contributed by atoms with E-state index in [4.69, 9.17) is 27.2 Å². The number of aromatic nitrogens is 1. The first-order valence-corrected chi connectivity index (χ1v) is 11.7. The number of nitrogens with one attached hydrogen (secondary N) is 1. The van der Waals surface area contributed by atoms with E-state index in [1.165, 1.54) is 38.0 Å². The lowest BCUT2D eigenvalue weighted by Gasteiger charge is -2.28. The standard InChI is InChI=1S/C20H21ClIN3S.CH2O2/c21-16-10-15(24-11-12-6-2-1-3-7-12)20-18(25-16)17(22)19(26-20)13-8-4-5-9-14(13)23;2-1-3/h1-3,6-7,10,13-14H,4-5,8-9,11,23H2,(H,24,25);1H,(H,2,3)/t13-,14-;/m1./s1. The van der Waals surface area contributed by atoms with Crippen molar-refractivity contribution in [2.45, 2.75) is 44.2 Å². The lowest BCUT2D eigenvalue weighted by atomic mass is 9.84. The molecule has 1 aliphatic carbocycles. The molecular formula is C21H23ClIN3O2S. The largest absolute Gasteiger partial charge is 0.483 e. The van der Waals surface area contributed by atoms with E-state index in [2.05, 4.69) is 57.2 Å². The van der Waals surface area contributed by atoms with Crippen molar-refractivity contribution in [2.24, 2.45) is 5.73 Å². The normalized spacial score (nSPS) is 18.7. The predicted octanol–water partition coefficient (Wildman–Crippen LogP) is 5.85. The second-order valence-electron chi connectivity index (χ2n) is 6.95. The smallest absolute Gasteiger partial charge is 0.290 e. The van der Waals surface area contributed by atoms with Crippen LogP contribution in [0.2, 0.25) is 5.15 Å². The highest BCUT2D eigenvalue weighted by Gasteiger charge is 2.28. The van der Waals surface area contributed by atoms with Crippen LogP contribution in [0.4, 0.5) is 5.69 Å². The SMILES string of the molecule is N[C@@H]1CCCC[C@H]1c1sc2c(NCc3ccccc3)cc(Cl)nc2c1I.O=CO. The Kier molecular flexibility index (Phi) is 8.11. The second-order valence-corrected chi connectivity index (χ2v) is 9.47. The number of hydrogen-bond donors (Lipinski definition) is 3. The number of fused-ring (bicyclic) bond motifs is 1. The van der Waals surface area contributed by atoms with Gasteiger partial charge in [0.1, 0.15) is 5.15 Å². The van der Waals surface area contributed by atoms with Gasteiger partial charge in [-0.15, -0.1) is 11.3 Å². The van der Waals surface area contributed by atoms with Crippen molar-refractivity contribution in [3.8, 4) is 0 Å². The van der Waals surface area contributed by atoms with Gasteiger partial charge in [-0.3, -0.25) is 4.79 Å². The van der Waals surface area contributed by atoms with Crippen molar-refractivity contribution in [3.63, 3.8) is 0 Å². The quantitative estimate of drug-likeness (QED) is 0.218. The lowest BCUT2D eigenvalue weighted by Crippen LogP contribution is -2.31. The molecule has 29 heavy (non-hydrogen) atoms. The summed E-state index contributed by atoms with van der Waals surface area (Å²) >= 11 is 10.6. The zero-order valence-electron chi connectivity index (χ0n) is 15.8. The van der Waals surface area contributed by atoms with E-state index in [9.17, 15) is 0 Å². The molecule has 5 nitrogen and oxygen atoms in total. The molecule has 3 aromatic rings. The van der Waals surface area contributed by atoms with Crippen LogP contribution in [0.15, 0.2) is 36.4 Å². The van der Waals surface area contributed by atoms with E-state index in [1.807, 2.05) is 23.5 Å². The fraction of sp³-hybridized carbons (Fsp3) is 0.333.